The Bertz CT molecular complexity index is 659. The third-order valence-corrected chi connectivity index (χ3v) is 4.51. The van der Waals surface area contributed by atoms with Crippen molar-refractivity contribution in [3.63, 3.8) is 0 Å². The first-order chi connectivity index (χ1) is 11.2. The maximum Gasteiger partial charge on any atom is 0.234 e. The second-order valence-electron chi connectivity index (χ2n) is 5.95. The lowest BCUT2D eigenvalue weighted by Gasteiger charge is -2.24. The molecule has 0 aliphatic carbocycles. The van der Waals surface area contributed by atoms with Crippen molar-refractivity contribution in [2.24, 2.45) is 0 Å². The van der Waals surface area contributed by atoms with Gasteiger partial charge >= 0.3 is 0 Å². The minimum atomic E-state index is 0.0628. The first-order valence-electron chi connectivity index (χ1n) is 8.02. The van der Waals surface area contributed by atoms with Crippen LogP contribution in [-0.2, 0) is 11.3 Å². The number of hydrogen-bond donors (Lipinski definition) is 1. The quantitative estimate of drug-likeness (QED) is 0.905. The minimum absolute atomic E-state index is 0.0628. The Morgan fingerprint density at radius 2 is 2.00 bits per heavy atom. The molecule has 0 bridgehead atoms. The number of rotatable bonds is 5. The molecule has 1 amide bonds. The van der Waals surface area contributed by atoms with Gasteiger partial charge in [0.2, 0.25) is 5.91 Å². The Labute approximate surface area is 142 Å². The fourth-order valence-electron chi connectivity index (χ4n) is 3.16. The molecular weight excluding hydrogens is 308 g/mol. The summed E-state index contributed by atoms with van der Waals surface area (Å²) in [7, 11) is 0. The van der Waals surface area contributed by atoms with E-state index in [9.17, 15) is 4.79 Å². The van der Waals surface area contributed by atoms with E-state index in [0.29, 0.717) is 24.2 Å². The number of carbonyl (C=O) groups excluding carboxylic acids is 1. The lowest BCUT2D eigenvalue weighted by Crippen LogP contribution is -2.36. The molecule has 0 aromatic heterocycles. The first kappa shape index (κ1) is 16.0. The SMILES string of the molecule is O=C(CN1CCC[C@@H]1c1ccccc1)NCc1cccc(Cl)c1. The van der Waals surface area contributed by atoms with Gasteiger partial charge in [0.05, 0.1) is 6.54 Å². The minimum Gasteiger partial charge on any atom is -0.351 e. The Balaban J connectivity index is 1.55. The van der Waals surface area contributed by atoms with Gasteiger partial charge in [0.15, 0.2) is 0 Å². The summed E-state index contributed by atoms with van der Waals surface area (Å²) in [4.78, 5) is 14.5. The largest absolute Gasteiger partial charge is 0.351 e. The van der Waals surface area contributed by atoms with Crippen LogP contribution in [-0.4, -0.2) is 23.9 Å². The van der Waals surface area contributed by atoms with E-state index in [4.69, 9.17) is 11.6 Å². The number of nitrogens with one attached hydrogen (secondary N) is 1. The summed E-state index contributed by atoms with van der Waals surface area (Å²) >= 11 is 5.96. The first-order valence-corrected chi connectivity index (χ1v) is 8.40. The van der Waals surface area contributed by atoms with Gasteiger partial charge in [-0.2, -0.15) is 0 Å². The molecule has 23 heavy (non-hydrogen) atoms. The molecule has 1 aliphatic heterocycles. The van der Waals surface area contributed by atoms with Crippen LogP contribution < -0.4 is 5.32 Å². The van der Waals surface area contributed by atoms with Gasteiger partial charge in [-0.25, -0.2) is 0 Å². The summed E-state index contributed by atoms with van der Waals surface area (Å²) in [6.45, 7) is 1.94. The number of carbonyl (C=O) groups is 1. The third kappa shape index (κ3) is 4.34. The van der Waals surface area contributed by atoms with E-state index in [-0.39, 0.29) is 5.91 Å². The van der Waals surface area contributed by atoms with Crippen molar-refractivity contribution >= 4 is 17.5 Å². The van der Waals surface area contributed by atoms with Gasteiger partial charge in [-0.05, 0) is 42.6 Å². The van der Waals surface area contributed by atoms with Gasteiger partial charge in [0, 0.05) is 17.6 Å². The standard InChI is InChI=1S/C19H21ClN2O/c20-17-9-4-6-15(12-17)13-21-19(23)14-22-11-5-10-18(22)16-7-2-1-3-8-16/h1-4,6-9,12,18H,5,10-11,13-14H2,(H,21,23)/t18-/m1/s1. The number of benzene rings is 2. The monoisotopic (exact) mass is 328 g/mol. The zero-order chi connectivity index (χ0) is 16.1. The van der Waals surface area contributed by atoms with Crippen molar-refractivity contribution in [2.75, 3.05) is 13.1 Å². The summed E-state index contributed by atoms with van der Waals surface area (Å²) in [5.41, 5.74) is 2.32. The molecule has 1 N–H and O–H groups in total. The molecule has 3 nitrogen and oxygen atoms in total. The summed E-state index contributed by atoms with van der Waals surface area (Å²) in [5, 5.41) is 3.68. The molecule has 4 heteroatoms. The molecule has 2 aromatic carbocycles. The summed E-state index contributed by atoms with van der Waals surface area (Å²) in [5.74, 6) is 0.0628. The van der Waals surface area contributed by atoms with Crippen LogP contribution in [0, 0.1) is 0 Å². The molecule has 120 valence electrons. The molecule has 1 aliphatic rings. The zero-order valence-electron chi connectivity index (χ0n) is 13.0. The number of halogens is 1. The lowest BCUT2D eigenvalue weighted by molar-refractivity contribution is -0.122. The van der Waals surface area contributed by atoms with Crippen molar-refractivity contribution in [1.82, 2.24) is 10.2 Å². The van der Waals surface area contributed by atoms with E-state index in [2.05, 4.69) is 34.5 Å². The van der Waals surface area contributed by atoms with Gasteiger partial charge in [-0.1, -0.05) is 54.1 Å². The highest BCUT2D eigenvalue weighted by Crippen LogP contribution is 2.31. The summed E-state index contributed by atoms with van der Waals surface area (Å²) in [6, 6.07) is 18.4. The van der Waals surface area contributed by atoms with Crippen LogP contribution in [0.2, 0.25) is 5.02 Å². The van der Waals surface area contributed by atoms with Crippen LogP contribution in [0.1, 0.15) is 30.0 Å². The van der Waals surface area contributed by atoms with Crippen molar-refractivity contribution in [3.8, 4) is 0 Å². The molecule has 0 radical (unpaired) electrons. The molecule has 1 heterocycles. The predicted molar refractivity (Wildman–Crippen MR) is 93.3 cm³/mol. The Morgan fingerprint density at radius 1 is 1.17 bits per heavy atom. The highest BCUT2D eigenvalue weighted by molar-refractivity contribution is 6.30. The maximum absolute atomic E-state index is 12.2. The second-order valence-corrected chi connectivity index (χ2v) is 6.38. The van der Waals surface area contributed by atoms with Gasteiger partial charge in [-0.15, -0.1) is 0 Å². The average molecular weight is 329 g/mol. The molecular formula is C19H21ClN2O. The van der Waals surface area contributed by atoms with E-state index < -0.39 is 0 Å². The van der Waals surface area contributed by atoms with Crippen LogP contribution in [0.5, 0.6) is 0 Å². The predicted octanol–water partition coefficient (Wildman–Crippen LogP) is 3.79. The Kier molecular flexibility index (Phi) is 5.31. The van der Waals surface area contributed by atoms with E-state index >= 15 is 0 Å². The smallest absolute Gasteiger partial charge is 0.234 e. The van der Waals surface area contributed by atoms with Gasteiger partial charge in [-0.3, -0.25) is 9.69 Å². The Hall–Kier alpha value is -1.84. The number of amides is 1. The summed E-state index contributed by atoms with van der Waals surface area (Å²) in [6.07, 6.45) is 2.26. The lowest BCUT2D eigenvalue weighted by atomic mass is 10.0. The molecule has 0 saturated carbocycles. The van der Waals surface area contributed by atoms with Crippen LogP contribution in [0.4, 0.5) is 0 Å². The molecule has 3 rings (SSSR count). The van der Waals surface area contributed by atoms with Crippen LogP contribution in [0.15, 0.2) is 54.6 Å². The second kappa shape index (κ2) is 7.62. The average Bonchev–Trinajstić information content (AvgIpc) is 3.02. The normalized spacial score (nSPS) is 18.0. The van der Waals surface area contributed by atoms with Crippen molar-refractivity contribution in [3.05, 3.63) is 70.7 Å². The number of hydrogen-bond acceptors (Lipinski definition) is 2. The fraction of sp³-hybridized carbons (Fsp3) is 0.316. The number of likely N-dealkylation sites (tertiary alicyclic amines) is 1. The highest BCUT2D eigenvalue weighted by atomic mass is 35.5. The van der Waals surface area contributed by atoms with Crippen LogP contribution in [0.25, 0.3) is 0 Å². The fourth-order valence-corrected chi connectivity index (χ4v) is 3.37. The number of nitrogens with zero attached hydrogens (tertiary/aromatic N) is 1. The van der Waals surface area contributed by atoms with Gasteiger partial charge in [0.25, 0.3) is 0 Å². The third-order valence-electron chi connectivity index (χ3n) is 4.27. The van der Waals surface area contributed by atoms with E-state index in [0.717, 1.165) is 24.9 Å². The molecule has 1 atom stereocenters. The van der Waals surface area contributed by atoms with Crippen molar-refractivity contribution < 1.29 is 4.79 Å². The molecule has 2 aromatic rings. The molecule has 0 spiro atoms. The van der Waals surface area contributed by atoms with Gasteiger partial charge < -0.3 is 5.32 Å². The van der Waals surface area contributed by atoms with E-state index in [1.807, 2.05) is 30.3 Å². The van der Waals surface area contributed by atoms with Gasteiger partial charge in [0.1, 0.15) is 0 Å². The van der Waals surface area contributed by atoms with Crippen LogP contribution >= 0.6 is 11.6 Å². The van der Waals surface area contributed by atoms with E-state index in [1.54, 1.807) is 0 Å². The molecule has 1 fully saturated rings. The molecule has 1 saturated heterocycles. The Morgan fingerprint density at radius 3 is 2.78 bits per heavy atom. The topological polar surface area (TPSA) is 32.3 Å². The van der Waals surface area contributed by atoms with Crippen molar-refractivity contribution in [1.29, 1.82) is 0 Å². The highest BCUT2D eigenvalue weighted by Gasteiger charge is 2.27. The van der Waals surface area contributed by atoms with E-state index in [1.165, 1.54) is 5.56 Å². The zero-order valence-corrected chi connectivity index (χ0v) is 13.8. The van der Waals surface area contributed by atoms with Crippen molar-refractivity contribution in [2.45, 2.75) is 25.4 Å². The maximum atomic E-state index is 12.2. The van der Waals surface area contributed by atoms with Crippen LogP contribution in [0.3, 0.4) is 0 Å². The molecule has 0 unspecified atom stereocenters. The summed E-state index contributed by atoms with van der Waals surface area (Å²) < 4.78 is 0.